The molecule has 0 radical (unpaired) electrons. The standard InChI is InChI=1S/C18H19N5OS/c1-12-21-22-18(25-12)16-5-4-13-10-19-14(9-17(13)20-16)8-15(24)11-23-6-2-3-7-23/h4-5,9-10H,2-3,6-8,11H2,1H3. The lowest BCUT2D eigenvalue weighted by Crippen LogP contribution is -2.27. The normalized spacial score (nSPS) is 15.1. The summed E-state index contributed by atoms with van der Waals surface area (Å²) >= 11 is 1.52. The molecule has 3 aromatic heterocycles. The number of hydrogen-bond donors (Lipinski definition) is 0. The number of nitrogens with zero attached hydrogens (tertiary/aromatic N) is 5. The van der Waals surface area contributed by atoms with Crippen molar-refractivity contribution in [2.24, 2.45) is 0 Å². The van der Waals surface area contributed by atoms with Crippen LogP contribution in [0.25, 0.3) is 21.6 Å². The molecular formula is C18H19N5OS. The third-order valence-electron chi connectivity index (χ3n) is 4.35. The molecule has 0 atom stereocenters. The van der Waals surface area contributed by atoms with Crippen molar-refractivity contribution in [1.29, 1.82) is 0 Å². The van der Waals surface area contributed by atoms with Gasteiger partial charge in [0.05, 0.1) is 18.5 Å². The van der Waals surface area contributed by atoms with Gasteiger partial charge in [0.25, 0.3) is 0 Å². The summed E-state index contributed by atoms with van der Waals surface area (Å²) in [6, 6.07) is 5.83. The molecule has 3 aromatic rings. The van der Waals surface area contributed by atoms with E-state index >= 15 is 0 Å². The zero-order chi connectivity index (χ0) is 17.2. The van der Waals surface area contributed by atoms with E-state index in [1.165, 1.54) is 24.2 Å². The van der Waals surface area contributed by atoms with E-state index in [9.17, 15) is 4.79 Å². The molecule has 0 saturated carbocycles. The number of fused-ring (bicyclic) bond motifs is 1. The molecule has 6 nitrogen and oxygen atoms in total. The minimum Gasteiger partial charge on any atom is -0.298 e. The highest BCUT2D eigenvalue weighted by molar-refractivity contribution is 7.14. The predicted molar refractivity (Wildman–Crippen MR) is 97.6 cm³/mol. The summed E-state index contributed by atoms with van der Waals surface area (Å²) in [5.41, 5.74) is 2.41. The molecular weight excluding hydrogens is 334 g/mol. The molecule has 25 heavy (non-hydrogen) atoms. The molecule has 0 N–H and O–H groups in total. The molecule has 0 aliphatic carbocycles. The van der Waals surface area contributed by atoms with Gasteiger partial charge in [-0.25, -0.2) is 4.98 Å². The van der Waals surface area contributed by atoms with Gasteiger partial charge in [0.2, 0.25) is 0 Å². The van der Waals surface area contributed by atoms with Crippen LogP contribution in [0, 0.1) is 6.92 Å². The number of aromatic nitrogens is 4. The minimum atomic E-state index is 0.213. The zero-order valence-electron chi connectivity index (χ0n) is 14.1. The first-order valence-corrected chi connectivity index (χ1v) is 9.29. The number of ketones is 1. The summed E-state index contributed by atoms with van der Waals surface area (Å²) < 4.78 is 0. The second kappa shape index (κ2) is 6.93. The van der Waals surface area contributed by atoms with Crippen molar-refractivity contribution in [1.82, 2.24) is 25.1 Å². The number of pyridine rings is 2. The maximum absolute atomic E-state index is 12.3. The van der Waals surface area contributed by atoms with Crippen molar-refractivity contribution in [2.75, 3.05) is 19.6 Å². The quantitative estimate of drug-likeness (QED) is 0.702. The number of rotatable bonds is 5. The Labute approximate surface area is 149 Å². The number of aryl methyl sites for hydroxylation is 1. The molecule has 7 heteroatoms. The molecule has 0 spiro atoms. The van der Waals surface area contributed by atoms with Gasteiger partial charge >= 0.3 is 0 Å². The maximum atomic E-state index is 12.3. The number of carbonyl (C=O) groups excluding carboxylic acids is 1. The summed E-state index contributed by atoms with van der Waals surface area (Å²) in [6.07, 6.45) is 4.53. The molecule has 1 aliphatic heterocycles. The van der Waals surface area contributed by atoms with Crippen LogP contribution in [0.1, 0.15) is 23.5 Å². The van der Waals surface area contributed by atoms with Crippen LogP contribution >= 0.6 is 11.3 Å². The van der Waals surface area contributed by atoms with Gasteiger partial charge in [0.15, 0.2) is 10.8 Å². The number of hydrogen-bond acceptors (Lipinski definition) is 7. The predicted octanol–water partition coefficient (Wildman–Crippen LogP) is 2.66. The van der Waals surface area contributed by atoms with Gasteiger partial charge in [-0.05, 0) is 51.1 Å². The Morgan fingerprint density at radius 3 is 2.84 bits per heavy atom. The van der Waals surface area contributed by atoms with Crippen molar-refractivity contribution < 1.29 is 4.79 Å². The van der Waals surface area contributed by atoms with Gasteiger partial charge in [-0.15, -0.1) is 10.2 Å². The average Bonchev–Trinajstić information content (AvgIpc) is 3.26. The number of Topliss-reactive ketones (excluding diaryl/α,β-unsaturated/α-hetero) is 1. The first-order chi connectivity index (χ1) is 12.2. The highest BCUT2D eigenvalue weighted by Gasteiger charge is 2.16. The van der Waals surface area contributed by atoms with Crippen LogP contribution < -0.4 is 0 Å². The summed E-state index contributed by atoms with van der Waals surface area (Å²) in [7, 11) is 0. The molecule has 4 rings (SSSR count). The van der Waals surface area contributed by atoms with Crippen LogP contribution in [0.2, 0.25) is 0 Å². The van der Waals surface area contributed by atoms with Crippen LogP contribution in [0.15, 0.2) is 24.4 Å². The molecule has 1 fully saturated rings. The number of likely N-dealkylation sites (tertiary alicyclic amines) is 1. The third-order valence-corrected chi connectivity index (χ3v) is 5.21. The second-order valence-electron chi connectivity index (χ2n) is 6.39. The van der Waals surface area contributed by atoms with Gasteiger partial charge in [-0.1, -0.05) is 11.3 Å². The topological polar surface area (TPSA) is 71.9 Å². The van der Waals surface area contributed by atoms with Crippen LogP contribution in [-0.2, 0) is 11.2 Å². The van der Waals surface area contributed by atoms with E-state index in [4.69, 9.17) is 0 Å². The van der Waals surface area contributed by atoms with Crippen LogP contribution in [0.5, 0.6) is 0 Å². The van der Waals surface area contributed by atoms with Crippen LogP contribution in [0.3, 0.4) is 0 Å². The second-order valence-corrected chi connectivity index (χ2v) is 7.57. The molecule has 0 unspecified atom stereocenters. The molecule has 128 valence electrons. The van der Waals surface area contributed by atoms with E-state index in [0.717, 1.165) is 45.4 Å². The van der Waals surface area contributed by atoms with E-state index in [-0.39, 0.29) is 5.78 Å². The molecule has 0 amide bonds. The summed E-state index contributed by atoms with van der Waals surface area (Å²) in [5, 5.41) is 10.9. The van der Waals surface area contributed by atoms with E-state index in [0.29, 0.717) is 13.0 Å². The van der Waals surface area contributed by atoms with Crippen LogP contribution in [0.4, 0.5) is 0 Å². The van der Waals surface area contributed by atoms with Crippen molar-refractivity contribution in [2.45, 2.75) is 26.2 Å². The van der Waals surface area contributed by atoms with E-state index < -0.39 is 0 Å². The molecule has 0 aromatic carbocycles. The Bertz CT molecular complexity index is 917. The van der Waals surface area contributed by atoms with Gasteiger partial charge in [0.1, 0.15) is 10.7 Å². The van der Waals surface area contributed by atoms with Crippen molar-refractivity contribution >= 4 is 28.0 Å². The molecule has 1 aliphatic rings. The molecule has 1 saturated heterocycles. The molecule has 0 bridgehead atoms. The summed E-state index contributed by atoms with van der Waals surface area (Å²) in [4.78, 5) is 23.6. The highest BCUT2D eigenvalue weighted by Crippen LogP contribution is 2.23. The monoisotopic (exact) mass is 353 g/mol. The Balaban J connectivity index is 1.54. The lowest BCUT2D eigenvalue weighted by Gasteiger charge is -2.12. The summed E-state index contributed by atoms with van der Waals surface area (Å²) in [5.74, 6) is 0.213. The van der Waals surface area contributed by atoms with Crippen LogP contribution in [-0.4, -0.2) is 50.5 Å². The first-order valence-electron chi connectivity index (χ1n) is 8.47. The lowest BCUT2D eigenvalue weighted by molar-refractivity contribution is -0.119. The number of carbonyl (C=O) groups is 1. The van der Waals surface area contributed by atoms with Crippen molar-refractivity contribution in [3.63, 3.8) is 0 Å². The SMILES string of the molecule is Cc1nnc(-c2ccc3cnc(CC(=O)CN4CCCC4)cc3n2)s1. The average molecular weight is 353 g/mol. The zero-order valence-corrected chi connectivity index (χ0v) is 14.9. The first kappa shape index (κ1) is 16.2. The maximum Gasteiger partial charge on any atom is 0.166 e. The van der Waals surface area contributed by atoms with Crippen molar-refractivity contribution in [3.8, 4) is 10.7 Å². The lowest BCUT2D eigenvalue weighted by atomic mass is 10.1. The summed E-state index contributed by atoms with van der Waals surface area (Å²) in [6.45, 7) is 4.51. The van der Waals surface area contributed by atoms with Gasteiger partial charge < -0.3 is 0 Å². The Morgan fingerprint density at radius 2 is 2.08 bits per heavy atom. The largest absolute Gasteiger partial charge is 0.298 e. The van der Waals surface area contributed by atoms with Gasteiger partial charge in [0, 0.05) is 17.3 Å². The minimum absolute atomic E-state index is 0.213. The smallest absolute Gasteiger partial charge is 0.166 e. The van der Waals surface area contributed by atoms with E-state index in [1.807, 2.05) is 25.1 Å². The fourth-order valence-corrected chi connectivity index (χ4v) is 3.78. The van der Waals surface area contributed by atoms with E-state index in [1.54, 1.807) is 6.20 Å². The van der Waals surface area contributed by atoms with E-state index in [2.05, 4.69) is 25.1 Å². The van der Waals surface area contributed by atoms with Gasteiger partial charge in [-0.3, -0.25) is 14.7 Å². The molecule has 4 heterocycles. The fraction of sp³-hybridized carbons (Fsp3) is 0.389. The van der Waals surface area contributed by atoms with Gasteiger partial charge in [-0.2, -0.15) is 0 Å². The van der Waals surface area contributed by atoms with Crippen molar-refractivity contribution in [3.05, 3.63) is 35.1 Å². The highest BCUT2D eigenvalue weighted by atomic mass is 32.1. The Kier molecular flexibility index (Phi) is 4.50. The Hall–Kier alpha value is -2.25. The Morgan fingerprint density at radius 1 is 1.24 bits per heavy atom. The third kappa shape index (κ3) is 3.72. The fourth-order valence-electron chi connectivity index (χ4n) is 3.12.